The number of sulfone groups is 1. The molecule has 0 unspecified atom stereocenters. The first-order valence-electron chi connectivity index (χ1n) is 6.25. The molecule has 5 nitrogen and oxygen atoms in total. The third-order valence-electron chi connectivity index (χ3n) is 3.03. The van der Waals surface area contributed by atoms with Crippen molar-refractivity contribution in [2.24, 2.45) is 0 Å². The van der Waals surface area contributed by atoms with Crippen LogP contribution in [-0.4, -0.2) is 20.6 Å². The van der Waals surface area contributed by atoms with Crippen LogP contribution in [0.5, 0.6) is 0 Å². The molecule has 0 fully saturated rings. The van der Waals surface area contributed by atoms with Gasteiger partial charge in [-0.15, -0.1) is 0 Å². The maximum atomic E-state index is 12.2. The number of nitrogen functional groups attached to an aromatic ring is 1. The molecule has 0 aliphatic rings. The highest BCUT2D eigenvalue weighted by atomic mass is 32.2. The van der Waals surface area contributed by atoms with E-state index >= 15 is 0 Å². The first kappa shape index (κ1) is 15.1. The van der Waals surface area contributed by atoms with Crippen molar-refractivity contribution in [2.75, 3.05) is 17.3 Å². The summed E-state index contributed by atoms with van der Waals surface area (Å²) in [6, 6.07) is 11.2. The summed E-state index contributed by atoms with van der Waals surface area (Å²) >= 11 is 0. The van der Waals surface area contributed by atoms with Crippen molar-refractivity contribution in [3.63, 3.8) is 0 Å². The van der Waals surface area contributed by atoms with Crippen molar-refractivity contribution in [3.8, 4) is 0 Å². The van der Waals surface area contributed by atoms with Gasteiger partial charge in [0.05, 0.1) is 4.90 Å². The van der Waals surface area contributed by atoms with Crippen LogP contribution in [0.3, 0.4) is 0 Å². The lowest BCUT2D eigenvalue weighted by atomic mass is 10.1. The van der Waals surface area contributed by atoms with E-state index in [1.54, 1.807) is 37.3 Å². The van der Waals surface area contributed by atoms with Crippen molar-refractivity contribution >= 4 is 27.1 Å². The number of aryl methyl sites for hydroxylation is 1. The first-order chi connectivity index (χ1) is 9.77. The van der Waals surface area contributed by atoms with Crippen LogP contribution in [0, 0.1) is 6.92 Å². The Balaban J connectivity index is 2.33. The van der Waals surface area contributed by atoms with Crippen molar-refractivity contribution in [2.45, 2.75) is 11.8 Å². The van der Waals surface area contributed by atoms with Gasteiger partial charge < -0.3 is 11.1 Å². The Morgan fingerprint density at radius 1 is 1.14 bits per heavy atom. The lowest BCUT2D eigenvalue weighted by Gasteiger charge is -2.10. The van der Waals surface area contributed by atoms with Gasteiger partial charge in [-0.1, -0.05) is 12.1 Å². The second-order valence-electron chi connectivity index (χ2n) is 4.83. The van der Waals surface area contributed by atoms with E-state index in [2.05, 4.69) is 5.32 Å². The molecule has 0 radical (unpaired) electrons. The summed E-state index contributed by atoms with van der Waals surface area (Å²) in [7, 11) is -3.32. The largest absolute Gasteiger partial charge is 0.399 e. The maximum absolute atomic E-state index is 12.2. The summed E-state index contributed by atoms with van der Waals surface area (Å²) in [5.74, 6) is -0.337. The fraction of sp³-hybridized carbons (Fsp3) is 0.133. The van der Waals surface area contributed by atoms with E-state index in [0.717, 1.165) is 11.8 Å². The van der Waals surface area contributed by atoms with E-state index < -0.39 is 9.84 Å². The molecule has 0 heterocycles. The Morgan fingerprint density at radius 3 is 2.48 bits per heavy atom. The van der Waals surface area contributed by atoms with E-state index in [1.165, 1.54) is 12.1 Å². The maximum Gasteiger partial charge on any atom is 0.255 e. The molecule has 0 aromatic heterocycles. The molecule has 3 N–H and O–H groups in total. The van der Waals surface area contributed by atoms with E-state index in [1.807, 2.05) is 0 Å². The summed E-state index contributed by atoms with van der Waals surface area (Å²) in [4.78, 5) is 12.3. The molecule has 0 saturated carbocycles. The van der Waals surface area contributed by atoms with Crippen molar-refractivity contribution in [1.29, 1.82) is 0 Å². The molecule has 2 aromatic rings. The monoisotopic (exact) mass is 304 g/mol. The molecular formula is C15H16N2O3S. The highest BCUT2D eigenvalue weighted by molar-refractivity contribution is 7.90. The van der Waals surface area contributed by atoms with Gasteiger partial charge in [-0.2, -0.15) is 0 Å². The van der Waals surface area contributed by atoms with E-state index in [9.17, 15) is 13.2 Å². The van der Waals surface area contributed by atoms with Crippen LogP contribution in [0.25, 0.3) is 0 Å². The van der Waals surface area contributed by atoms with Gasteiger partial charge in [0.1, 0.15) is 0 Å². The van der Waals surface area contributed by atoms with Crippen LogP contribution in [0.15, 0.2) is 47.4 Å². The van der Waals surface area contributed by atoms with Crippen LogP contribution in [0.4, 0.5) is 11.4 Å². The quantitative estimate of drug-likeness (QED) is 0.851. The lowest BCUT2D eigenvalue weighted by molar-refractivity contribution is 0.102. The Labute approximate surface area is 123 Å². The molecule has 1 amide bonds. The number of carbonyl (C=O) groups excluding carboxylic acids is 1. The number of hydrogen-bond donors (Lipinski definition) is 2. The van der Waals surface area contributed by atoms with Gasteiger partial charge in [0, 0.05) is 23.2 Å². The number of amides is 1. The summed E-state index contributed by atoms with van der Waals surface area (Å²) in [5, 5.41) is 2.71. The highest BCUT2D eigenvalue weighted by Crippen LogP contribution is 2.21. The first-order valence-corrected chi connectivity index (χ1v) is 8.14. The summed E-state index contributed by atoms with van der Waals surface area (Å²) < 4.78 is 23.1. The second kappa shape index (κ2) is 5.57. The number of rotatable bonds is 3. The summed E-state index contributed by atoms with van der Waals surface area (Å²) in [6.45, 7) is 1.79. The molecule has 0 aliphatic carbocycles. The molecule has 0 bridgehead atoms. The Hall–Kier alpha value is -2.34. The number of hydrogen-bond acceptors (Lipinski definition) is 4. The lowest BCUT2D eigenvalue weighted by Crippen LogP contribution is -2.13. The number of benzene rings is 2. The molecule has 0 atom stereocenters. The van der Waals surface area contributed by atoms with Crippen molar-refractivity contribution < 1.29 is 13.2 Å². The molecule has 6 heteroatoms. The standard InChI is InChI=1S/C15H16N2O3S/c1-10-6-7-13(21(2,19)20)9-14(10)17-15(18)11-4-3-5-12(16)8-11/h3-9H,16H2,1-2H3,(H,17,18). The zero-order valence-corrected chi connectivity index (χ0v) is 12.6. The van der Waals surface area contributed by atoms with Crippen LogP contribution < -0.4 is 11.1 Å². The molecule has 110 valence electrons. The highest BCUT2D eigenvalue weighted by Gasteiger charge is 2.12. The molecular weight excluding hydrogens is 288 g/mol. The van der Waals surface area contributed by atoms with E-state index in [0.29, 0.717) is 16.9 Å². The third kappa shape index (κ3) is 3.61. The van der Waals surface area contributed by atoms with Gasteiger partial charge in [0.25, 0.3) is 5.91 Å². The third-order valence-corrected chi connectivity index (χ3v) is 4.14. The predicted molar refractivity (Wildman–Crippen MR) is 83.1 cm³/mol. The average Bonchev–Trinajstić information content (AvgIpc) is 2.40. The van der Waals surface area contributed by atoms with Gasteiger partial charge in [-0.25, -0.2) is 8.42 Å². The van der Waals surface area contributed by atoms with Crippen molar-refractivity contribution in [1.82, 2.24) is 0 Å². The number of nitrogens with two attached hydrogens (primary N) is 1. The minimum Gasteiger partial charge on any atom is -0.399 e. The molecule has 21 heavy (non-hydrogen) atoms. The topological polar surface area (TPSA) is 89.3 Å². The van der Waals surface area contributed by atoms with Crippen LogP contribution in [0.2, 0.25) is 0 Å². The fourth-order valence-corrected chi connectivity index (χ4v) is 2.49. The van der Waals surface area contributed by atoms with Crippen LogP contribution in [-0.2, 0) is 9.84 Å². The Bertz CT molecular complexity index is 798. The smallest absolute Gasteiger partial charge is 0.255 e. The predicted octanol–water partition coefficient (Wildman–Crippen LogP) is 2.23. The number of nitrogens with one attached hydrogen (secondary N) is 1. The molecule has 0 saturated heterocycles. The molecule has 2 rings (SSSR count). The summed E-state index contributed by atoms with van der Waals surface area (Å²) in [6.07, 6.45) is 1.13. The number of carbonyl (C=O) groups is 1. The minimum atomic E-state index is -3.32. The Morgan fingerprint density at radius 2 is 1.86 bits per heavy atom. The minimum absolute atomic E-state index is 0.163. The van der Waals surface area contributed by atoms with Gasteiger partial charge in [0.15, 0.2) is 9.84 Å². The van der Waals surface area contributed by atoms with Gasteiger partial charge in [0.2, 0.25) is 0 Å². The second-order valence-corrected chi connectivity index (χ2v) is 6.84. The van der Waals surface area contributed by atoms with Gasteiger partial charge in [-0.3, -0.25) is 4.79 Å². The normalized spacial score (nSPS) is 11.1. The molecule has 0 spiro atoms. The Kier molecular flexibility index (Phi) is 3.99. The van der Waals surface area contributed by atoms with Gasteiger partial charge >= 0.3 is 0 Å². The molecule has 2 aromatic carbocycles. The average molecular weight is 304 g/mol. The molecule has 0 aliphatic heterocycles. The SMILES string of the molecule is Cc1ccc(S(C)(=O)=O)cc1NC(=O)c1cccc(N)c1. The van der Waals surface area contributed by atoms with Gasteiger partial charge in [-0.05, 0) is 42.8 Å². The van der Waals surface area contributed by atoms with Crippen LogP contribution in [0.1, 0.15) is 15.9 Å². The fourth-order valence-electron chi connectivity index (χ4n) is 1.84. The van der Waals surface area contributed by atoms with Crippen molar-refractivity contribution in [3.05, 3.63) is 53.6 Å². The van der Waals surface area contributed by atoms with E-state index in [4.69, 9.17) is 5.73 Å². The zero-order chi connectivity index (χ0) is 15.6. The summed E-state index contributed by atoms with van der Waals surface area (Å²) in [5.41, 5.74) is 7.79. The zero-order valence-electron chi connectivity index (χ0n) is 11.8. The number of anilines is 2. The van der Waals surface area contributed by atoms with E-state index in [-0.39, 0.29) is 10.8 Å². The van der Waals surface area contributed by atoms with Crippen LogP contribution >= 0.6 is 0 Å².